The average molecular weight is 345 g/mol. The molecule has 3 rings (SSSR count). The largest absolute Gasteiger partial charge is 0.497 e. The second-order valence-corrected chi connectivity index (χ2v) is 6.79. The Bertz CT molecular complexity index is 602. The summed E-state index contributed by atoms with van der Waals surface area (Å²) in [6, 6.07) is 8.14. The predicted octanol–water partition coefficient (Wildman–Crippen LogP) is 1.57. The van der Waals surface area contributed by atoms with Crippen molar-refractivity contribution in [3.05, 3.63) is 29.8 Å². The van der Waals surface area contributed by atoms with E-state index in [1.807, 2.05) is 21.9 Å². The Balaban J connectivity index is 1.72. The van der Waals surface area contributed by atoms with Gasteiger partial charge in [0, 0.05) is 19.6 Å². The zero-order valence-electron chi connectivity index (χ0n) is 14.9. The number of carbonyl (C=O) groups excluding carboxylic acids is 2. The quantitative estimate of drug-likeness (QED) is 0.900. The van der Waals surface area contributed by atoms with Crippen molar-refractivity contribution >= 4 is 11.8 Å². The molecule has 136 valence electrons. The summed E-state index contributed by atoms with van der Waals surface area (Å²) in [5.41, 5.74) is 1.16. The first kappa shape index (κ1) is 17.7. The van der Waals surface area contributed by atoms with Crippen LogP contribution < -0.4 is 10.1 Å². The first-order valence-electron chi connectivity index (χ1n) is 9.10. The monoisotopic (exact) mass is 345 g/mol. The van der Waals surface area contributed by atoms with Gasteiger partial charge in [-0.05, 0) is 30.5 Å². The lowest BCUT2D eigenvalue weighted by molar-refractivity contribution is -0.136. The highest BCUT2D eigenvalue weighted by Gasteiger charge is 2.29. The number of amides is 2. The molecule has 25 heavy (non-hydrogen) atoms. The fourth-order valence-corrected chi connectivity index (χ4v) is 3.69. The summed E-state index contributed by atoms with van der Waals surface area (Å²) in [5, 5.41) is 2.80. The molecule has 0 saturated carbocycles. The molecule has 1 aromatic rings. The van der Waals surface area contributed by atoms with E-state index < -0.39 is 0 Å². The molecule has 0 aliphatic carbocycles. The minimum atomic E-state index is 0.00150. The van der Waals surface area contributed by atoms with Crippen LogP contribution in [0.3, 0.4) is 0 Å². The number of nitrogens with zero attached hydrogens (tertiary/aromatic N) is 2. The molecule has 6 heteroatoms. The van der Waals surface area contributed by atoms with Crippen molar-refractivity contribution in [2.45, 2.75) is 31.7 Å². The lowest BCUT2D eigenvalue weighted by Crippen LogP contribution is -2.51. The maximum absolute atomic E-state index is 13.0. The number of hydrogen-bond acceptors (Lipinski definition) is 4. The number of methoxy groups -OCH3 is 1. The van der Waals surface area contributed by atoms with Crippen LogP contribution in [0.4, 0.5) is 0 Å². The highest BCUT2D eigenvalue weighted by Crippen LogP contribution is 2.31. The summed E-state index contributed by atoms with van der Waals surface area (Å²) in [4.78, 5) is 28.5. The molecule has 1 N–H and O–H groups in total. The Hall–Kier alpha value is -2.08. The van der Waals surface area contributed by atoms with Crippen LogP contribution >= 0.6 is 0 Å². The van der Waals surface area contributed by atoms with Gasteiger partial charge in [0.1, 0.15) is 5.75 Å². The number of hydrogen-bond donors (Lipinski definition) is 1. The summed E-state index contributed by atoms with van der Waals surface area (Å²) in [6.07, 6.45) is 4.31. The number of ether oxygens (including phenoxy) is 1. The van der Waals surface area contributed by atoms with E-state index >= 15 is 0 Å². The molecule has 6 nitrogen and oxygen atoms in total. The smallest absolute Gasteiger partial charge is 0.237 e. The van der Waals surface area contributed by atoms with Gasteiger partial charge in [0.05, 0.1) is 26.2 Å². The van der Waals surface area contributed by atoms with Crippen LogP contribution in [0.15, 0.2) is 24.3 Å². The van der Waals surface area contributed by atoms with Crippen LogP contribution in [0.5, 0.6) is 5.75 Å². The van der Waals surface area contributed by atoms with E-state index in [4.69, 9.17) is 4.74 Å². The van der Waals surface area contributed by atoms with Gasteiger partial charge in [-0.2, -0.15) is 0 Å². The zero-order chi connectivity index (χ0) is 17.6. The molecule has 2 amide bonds. The summed E-state index contributed by atoms with van der Waals surface area (Å²) in [7, 11) is 1.66. The van der Waals surface area contributed by atoms with Gasteiger partial charge in [0.25, 0.3) is 0 Å². The fourth-order valence-electron chi connectivity index (χ4n) is 3.69. The number of rotatable bonds is 4. The first-order chi connectivity index (χ1) is 12.2. The number of benzene rings is 1. The van der Waals surface area contributed by atoms with Gasteiger partial charge >= 0.3 is 0 Å². The van der Waals surface area contributed by atoms with Gasteiger partial charge in [-0.3, -0.25) is 14.5 Å². The van der Waals surface area contributed by atoms with E-state index in [2.05, 4.69) is 17.4 Å². The van der Waals surface area contributed by atoms with E-state index in [0.29, 0.717) is 19.6 Å². The fraction of sp³-hybridized carbons (Fsp3) is 0.579. The van der Waals surface area contributed by atoms with Crippen molar-refractivity contribution in [3.8, 4) is 5.75 Å². The second kappa shape index (κ2) is 8.34. The van der Waals surface area contributed by atoms with Crippen LogP contribution in [-0.4, -0.2) is 61.4 Å². The van der Waals surface area contributed by atoms with Crippen LogP contribution in [0, 0.1) is 0 Å². The average Bonchev–Trinajstić information content (AvgIpc) is 2.88. The minimum Gasteiger partial charge on any atom is -0.497 e. The van der Waals surface area contributed by atoms with E-state index in [-0.39, 0.29) is 17.9 Å². The van der Waals surface area contributed by atoms with E-state index in [9.17, 15) is 9.59 Å². The third kappa shape index (κ3) is 4.51. The van der Waals surface area contributed by atoms with Gasteiger partial charge < -0.3 is 15.0 Å². The van der Waals surface area contributed by atoms with Crippen molar-refractivity contribution in [3.63, 3.8) is 0 Å². The number of carbonyl (C=O) groups is 2. The van der Waals surface area contributed by atoms with Crippen LogP contribution in [0.25, 0.3) is 0 Å². The van der Waals surface area contributed by atoms with Crippen molar-refractivity contribution < 1.29 is 14.3 Å². The third-order valence-corrected chi connectivity index (χ3v) is 5.05. The Morgan fingerprint density at radius 1 is 1.20 bits per heavy atom. The molecule has 2 heterocycles. The van der Waals surface area contributed by atoms with Crippen molar-refractivity contribution in [1.29, 1.82) is 0 Å². The van der Waals surface area contributed by atoms with Crippen LogP contribution in [0.2, 0.25) is 0 Å². The zero-order valence-corrected chi connectivity index (χ0v) is 14.9. The third-order valence-electron chi connectivity index (χ3n) is 5.05. The van der Waals surface area contributed by atoms with Gasteiger partial charge in [0.2, 0.25) is 11.8 Å². The predicted molar refractivity (Wildman–Crippen MR) is 95.4 cm³/mol. The first-order valence-corrected chi connectivity index (χ1v) is 9.10. The summed E-state index contributed by atoms with van der Waals surface area (Å²) >= 11 is 0. The standard InChI is InChI=1S/C19H27N3O3/c1-25-16-8-6-15(7-9-16)17-5-3-2-4-11-22(17)19(24)14-21-12-10-20-18(23)13-21/h6-9,17H,2-5,10-14H2,1H3,(H,20,23)/t17-/m0/s1. The molecule has 2 fully saturated rings. The van der Waals surface area contributed by atoms with Gasteiger partial charge in [0.15, 0.2) is 0 Å². The highest BCUT2D eigenvalue weighted by molar-refractivity contribution is 5.82. The maximum Gasteiger partial charge on any atom is 0.237 e. The Morgan fingerprint density at radius 3 is 2.72 bits per heavy atom. The lowest BCUT2D eigenvalue weighted by Gasteiger charge is -2.33. The molecule has 2 saturated heterocycles. The maximum atomic E-state index is 13.0. The minimum absolute atomic E-state index is 0.00150. The SMILES string of the molecule is COc1ccc([C@@H]2CCCCCN2C(=O)CN2CCNC(=O)C2)cc1. The topological polar surface area (TPSA) is 61.9 Å². The normalized spacial score (nSPS) is 22.2. The molecule has 0 aromatic heterocycles. The van der Waals surface area contributed by atoms with E-state index in [1.165, 1.54) is 0 Å². The lowest BCUT2D eigenvalue weighted by atomic mass is 10.0. The molecule has 0 unspecified atom stereocenters. The number of piperazine rings is 1. The Morgan fingerprint density at radius 2 is 2.00 bits per heavy atom. The summed E-state index contributed by atoms with van der Waals surface area (Å²) in [6.45, 7) is 2.77. The Kier molecular flexibility index (Phi) is 5.91. The van der Waals surface area contributed by atoms with Gasteiger partial charge in [-0.15, -0.1) is 0 Å². The number of likely N-dealkylation sites (tertiary alicyclic amines) is 1. The molecule has 2 aliphatic heterocycles. The molecule has 0 bridgehead atoms. The molecule has 2 aliphatic rings. The summed E-state index contributed by atoms with van der Waals surface area (Å²) in [5.74, 6) is 0.952. The van der Waals surface area contributed by atoms with E-state index in [1.54, 1.807) is 7.11 Å². The molecular weight excluding hydrogens is 318 g/mol. The van der Waals surface area contributed by atoms with Gasteiger partial charge in [-0.25, -0.2) is 0 Å². The molecular formula is C19H27N3O3. The molecule has 1 atom stereocenters. The van der Waals surface area contributed by atoms with Crippen LogP contribution in [-0.2, 0) is 9.59 Å². The molecule has 1 aromatic carbocycles. The highest BCUT2D eigenvalue weighted by atomic mass is 16.5. The molecule has 0 spiro atoms. The van der Waals surface area contributed by atoms with Gasteiger partial charge in [-0.1, -0.05) is 25.0 Å². The van der Waals surface area contributed by atoms with Crippen molar-refractivity contribution in [2.24, 2.45) is 0 Å². The molecule has 0 radical (unpaired) electrons. The second-order valence-electron chi connectivity index (χ2n) is 6.79. The van der Waals surface area contributed by atoms with Crippen molar-refractivity contribution in [1.82, 2.24) is 15.1 Å². The Labute approximate surface area is 149 Å². The van der Waals surface area contributed by atoms with Crippen molar-refractivity contribution in [2.75, 3.05) is 39.8 Å². The summed E-state index contributed by atoms with van der Waals surface area (Å²) < 4.78 is 5.24. The number of nitrogens with one attached hydrogen (secondary N) is 1. The van der Waals surface area contributed by atoms with Crippen LogP contribution in [0.1, 0.15) is 37.3 Å². The van der Waals surface area contributed by atoms with E-state index in [0.717, 1.165) is 50.1 Å².